The van der Waals surface area contributed by atoms with Gasteiger partial charge in [-0.15, -0.1) is 0 Å². The van der Waals surface area contributed by atoms with Gasteiger partial charge in [0, 0.05) is 21.5 Å². The molecule has 1 aromatic rings. The van der Waals surface area contributed by atoms with E-state index in [1.54, 1.807) is 12.1 Å². The second-order valence-corrected chi connectivity index (χ2v) is 6.72. The van der Waals surface area contributed by atoms with E-state index in [0.29, 0.717) is 17.1 Å². The summed E-state index contributed by atoms with van der Waals surface area (Å²) in [5.41, 5.74) is 0. The summed E-state index contributed by atoms with van der Waals surface area (Å²) < 4.78 is 12.9. The Kier molecular flexibility index (Phi) is 6.87. The number of amides is 1. The lowest BCUT2D eigenvalue weighted by Gasteiger charge is -2.08. The Morgan fingerprint density at radius 1 is 1.35 bits per heavy atom. The van der Waals surface area contributed by atoms with Crippen LogP contribution in [-0.4, -0.2) is 33.0 Å². The standard InChI is InChI=1S/C13H16BrNO4S/c1-9(13(17)18)15-12(16)3-2-8-20(19)11-6-4-10(14)5-7-11/h4-7,9H,2-3,8H2,1H3,(H,15,16)(H,17,18)/t9-,20?/m0/s1. The van der Waals surface area contributed by atoms with Crippen LogP contribution in [0, 0.1) is 0 Å². The van der Waals surface area contributed by atoms with Gasteiger partial charge in [0.1, 0.15) is 6.04 Å². The van der Waals surface area contributed by atoms with Crippen LogP contribution in [0.3, 0.4) is 0 Å². The van der Waals surface area contributed by atoms with Crippen molar-refractivity contribution in [1.29, 1.82) is 0 Å². The smallest absolute Gasteiger partial charge is 0.325 e. The molecule has 1 aromatic carbocycles. The molecule has 0 radical (unpaired) electrons. The molecule has 2 atom stereocenters. The maximum atomic E-state index is 11.9. The fourth-order valence-corrected chi connectivity index (χ4v) is 2.79. The van der Waals surface area contributed by atoms with E-state index in [0.717, 1.165) is 4.47 Å². The minimum absolute atomic E-state index is 0.167. The Morgan fingerprint density at radius 3 is 2.50 bits per heavy atom. The van der Waals surface area contributed by atoms with Crippen LogP contribution in [-0.2, 0) is 20.4 Å². The molecule has 0 saturated heterocycles. The number of nitrogens with one attached hydrogen (secondary N) is 1. The van der Waals surface area contributed by atoms with Gasteiger partial charge in [-0.1, -0.05) is 15.9 Å². The summed E-state index contributed by atoms with van der Waals surface area (Å²) in [5, 5.41) is 11.0. The first kappa shape index (κ1) is 16.8. The zero-order chi connectivity index (χ0) is 15.1. The first-order valence-electron chi connectivity index (χ1n) is 6.06. The topological polar surface area (TPSA) is 83.5 Å². The highest BCUT2D eigenvalue weighted by molar-refractivity contribution is 9.10. The first-order valence-corrected chi connectivity index (χ1v) is 8.17. The molecule has 1 amide bonds. The van der Waals surface area contributed by atoms with Gasteiger partial charge in [0.15, 0.2) is 0 Å². The molecule has 110 valence electrons. The number of carbonyl (C=O) groups excluding carboxylic acids is 1. The van der Waals surface area contributed by atoms with E-state index in [-0.39, 0.29) is 12.3 Å². The molecule has 1 unspecified atom stereocenters. The van der Waals surface area contributed by atoms with E-state index in [1.807, 2.05) is 12.1 Å². The van der Waals surface area contributed by atoms with Crippen molar-refractivity contribution in [3.63, 3.8) is 0 Å². The second kappa shape index (κ2) is 8.16. The first-order chi connectivity index (χ1) is 9.40. The van der Waals surface area contributed by atoms with Crippen molar-refractivity contribution in [3.8, 4) is 0 Å². The summed E-state index contributed by atoms with van der Waals surface area (Å²) in [6, 6.07) is 6.27. The van der Waals surface area contributed by atoms with Gasteiger partial charge in [-0.25, -0.2) is 0 Å². The molecule has 7 heteroatoms. The van der Waals surface area contributed by atoms with Gasteiger partial charge in [0.2, 0.25) is 5.91 Å². The lowest BCUT2D eigenvalue weighted by atomic mass is 10.3. The Morgan fingerprint density at radius 2 is 1.95 bits per heavy atom. The third-order valence-corrected chi connectivity index (χ3v) is 4.54. The number of carboxylic acid groups (broad SMARTS) is 1. The van der Waals surface area contributed by atoms with Crippen molar-refractivity contribution < 1.29 is 18.9 Å². The average Bonchev–Trinajstić information content (AvgIpc) is 2.39. The zero-order valence-corrected chi connectivity index (χ0v) is 13.4. The molecule has 0 aliphatic carbocycles. The second-order valence-electron chi connectivity index (χ2n) is 4.23. The highest BCUT2D eigenvalue weighted by Crippen LogP contribution is 2.14. The predicted molar refractivity (Wildman–Crippen MR) is 79.9 cm³/mol. The summed E-state index contributed by atoms with van der Waals surface area (Å²) in [7, 11) is -1.15. The minimum atomic E-state index is -1.15. The van der Waals surface area contributed by atoms with E-state index in [1.165, 1.54) is 6.92 Å². The van der Waals surface area contributed by atoms with Crippen LogP contribution in [0.4, 0.5) is 0 Å². The van der Waals surface area contributed by atoms with Gasteiger partial charge in [-0.2, -0.15) is 0 Å². The quantitative estimate of drug-likeness (QED) is 0.776. The van der Waals surface area contributed by atoms with Gasteiger partial charge in [-0.05, 0) is 37.6 Å². The SMILES string of the molecule is C[C@H](NC(=O)CCCS(=O)c1ccc(Br)cc1)C(=O)O. The van der Waals surface area contributed by atoms with Crippen molar-refractivity contribution in [2.45, 2.75) is 30.7 Å². The van der Waals surface area contributed by atoms with Crippen molar-refractivity contribution in [2.24, 2.45) is 0 Å². The molecule has 5 nitrogen and oxygen atoms in total. The molecule has 0 fully saturated rings. The van der Waals surface area contributed by atoms with Gasteiger partial charge in [-0.3, -0.25) is 13.8 Å². The normalized spacial score (nSPS) is 13.5. The molecule has 0 aliphatic rings. The summed E-state index contributed by atoms with van der Waals surface area (Å²) >= 11 is 3.30. The zero-order valence-electron chi connectivity index (χ0n) is 11.0. The number of hydrogen-bond acceptors (Lipinski definition) is 3. The number of carbonyl (C=O) groups is 2. The maximum absolute atomic E-state index is 11.9. The fourth-order valence-electron chi connectivity index (χ4n) is 1.44. The van der Waals surface area contributed by atoms with E-state index < -0.39 is 22.8 Å². The third kappa shape index (κ3) is 5.83. The highest BCUT2D eigenvalue weighted by atomic mass is 79.9. The Hall–Kier alpha value is -1.21. The Balaban J connectivity index is 2.33. The van der Waals surface area contributed by atoms with E-state index >= 15 is 0 Å². The fraction of sp³-hybridized carbons (Fsp3) is 0.385. The number of rotatable bonds is 7. The molecule has 2 N–H and O–H groups in total. The van der Waals surface area contributed by atoms with Crippen LogP contribution < -0.4 is 5.32 Å². The predicted octanol–water partition coefficient (Wildman–Crippen LogP) is 1.93. The van der Waals surface area contributed by atoms with E-state index in [9.17, 15) is 13.8 Å². The van der Waals surface area contributed by atoms with Crippen LogP contribution in [0.2, 0.25) is 0 Å². The van der Waals surface area contributed by atoms with Gasteiger partial charge in [0.05, 0.1) is 10.8 Å². The van der Waals surface area contributed by atoms with Crippen LogP contribution in [0.5, 0.6) is 0 Å². The molecular weight excluding hydrogens is 346 g/mol. The van der Waals surface area contributed by atoms with Crippen molar-refractivity contribution >= 4 is 38.6 Å². The molecule has 0 aromatic heterocycles. The lowest BCUT2D eigenvalue weighted by molar-refractivity contribution is -0.141. The monoisotopic (exact) mass is 361 g/mol. The minimum Gasteiger partial charge on any atom is -0.480 e. The number of benzene rings is 1. The van der Waals surface area contributed by atoms with E-state index in [2.05, 4.69) is 21.2 Å². The molecule has 0 bridgehead atoms. The van der Waals surface area contributed by atoms with E-state index in [4.69, 9.17) is 5.11 Å². The highest BCUT2D eigenvalue weighted by Gasteiger charge is 2.13. The van der Waals surface area contributed by atoms with Gasteiger partial charge >= 0.3 is 5.97 Å². The maximum Gasteiger partial charge on any atom is 0.325 e. The Labute approximate surface area is 128 Å². The number of hydrogen-bond donors (Lipinski definition) is 2. The van der Waals surface area contributed by atoms with Crippen LogP contribution in [0.25, 0.3) is 0 Å². The molecule has 1 rings (SSSR count). The summed E-state index contributed by atoms with van der Waals surface area (Å²) in [4.78, 5) is 22.7. The molecule has 0 heterocycles. The molecule has 0 aliphatic heterocycles. The summed E-state index contributed by atoms with van der Waals surface area (Å²) in [6.45, 7) is 1.40. The number of carboxylic acids is 1. The molecular formula is C13H16BrNO4S. The largest absolute Gasteiger partial charge is 0.480 e. The third-order valence-electron chi connectivity index (χ3n) is 2.56. The van der Waals surface area contributed by atoms with Crippen molar-refractivity contribution in [3.05, 3.63) is 28.7 Å². The number of aliphatic carboxylic acids is 1. The van der Waals surface area contributed by atoms with Crippen LogP contribution in [0.15, 0.2) is 33.6 Å². The lowest BCUT2D eigenvalue weighted by Crippen LogP contribution is -2.38. The summed E-state index contributed by atoms with van der Waals surface area (Å²) in [5.74, 6) is -1.04. The van der Waals surface area contributed by atoms with Gasteiger partial charge < -0.3 is 10.4 Å². The van der Waals surface area contributed by atoms with Crippen molar-refractivity contribution in [1.82, 2.24) is 5.32 Å². The number of halogens is 1. The summed E-state index contributed by atoms with van der Waals surface area (Å²) in [6.07, 6.45) is 0.612. The molecule has 0 saturated carbocycles. The van der Waals surface area contributed by atoms with Crippen molar-refractivity contribution in [2.75, 3.05) is 5.75 Å². The molecule has 0 spiro atoms. The van der Waals surface area contributed by atoms with Gasteiger partial charge in [0.25, 0.3) is 0 Å². The average molecular weight is 362 g/mol. The molecule has 20 heavy (non-hydrogen) atoms. The van der Waals surface area contributed by atoms with Crippen LogP contribution >= 0.6 is 15.9 Å². The Bertz CT molecular complexity index is 504. The van der Waals surface area contributed by atoms with Crippen LogP contribution in [0.1, 0.15) is 19.8 Å².